The molecule has 9 rings (SSSR count). The Hall–Kier alpha value is -4.67. The molecule has 19 nitrogen and oxygen atoms in total. The maximum absolute atomic E-state index is 14.2. The summed E-state index contributed by atoms with van der Waals surface area (Å²) in [6.45, 7) is 14.3. The number of ether oxygens (including phenoxy) is 1. The molecule has 0 aliphatic carbocycles. The van der Waals surface area contributed by atoms with Gasteiger partial charge in [-0.25, -0.2) is 19.6 Å². The van der Waals surface area contributed by atoms with Crippen molar-refractivity contribution in [2.24, 2.45) is 23.0 Å². The van der Waals surface area contributed by atoms with E-state index in [0.29, 0.717) is 110 Å². The summed E-state index contributed by atoms with van der Waals surface area (Å²) in [5.41, 5.74) is 8.61. The number of hydrogen-bond donors (Lipinski definition) is 4. The fraction of sp³-hybridized carbons (Fsp3) is 0.608. The minimum absolute atomic E-state index is 0.00937. The van der Waals surface area contributed by atoms with Crippen molar-refractivity contribution in [1.82, 2.24) is 50.0 Å². The van der Waals surface area contributed by atoms with Gasteiger partial charge in [-0.2, -0.15) is 0 Å². The Morgan fingerprint density at radius 2 is 1.68 bits per heavy atom. The van der Waals surface area contributed by atoms with Gasteiger partial charge in [-0.15, -0.1) is 5.10 Å². The van der Waals surface area contributed by atoms with Crippen LogP contribution in [0.4, 0.5) is 11.6 Å². The first-order chi connectivity index (χ1) is 35.1. The monoisotopic (exact) mass is 1060 g/mol. The number of nitrogens with zero attached hydrogens (tertiary/aromatic N) is 11. The summed E-state index contributed by atoms with van der Waals surface area (Å²) in [5, 5.41) is 34.3. The third-order valence-electron chi connectivity index (χ3n) is 15.7. The van der Waals surface area contributed by atoms with E-state index in [-0.39, 0.29) is 72.7 Å². The normalized spacial score (nSPS) is 23.6. The number of benzene rings is 1. The van der Waals surface area contributed by atoms with Crippen molar-refractivity contribution in [3.63, 3.8) is 0 Å². The summed E-state index contributed by atoms with van der Waals surface area (Å²) < 4.78 is 7.45. The lowest BCUT2D eigenvalue weighted by Gasteiger charge is -2.41. The van der Waals surface area contributed by atoms with E-state index in [1.54, 1.807) is 42.3 Å². The van der Waals surface area contributed by atoms with Crippen molar-refractivity contribution in [3.05, 3.63) is 75.9 Å². The van der Waals surface area contributed by atoms with Gasteiger partial charge in [0.25, 0.3) is 0 Å². The van der Waals surface area contributed by atoms with E-state index in [4.69, 9.17) is 43.6 Å². The number of amides is 3. The highest BCUT2D eigenvalue weighted by atomic mass is 35.5. The summed E-state index contributed by atoms with van der Waals surface area (Å²) in [6.07, 6.45) is 8.27. The predicted molar refractivity (Wildman–Crippen MR) is 278 cm³/mol. The van der Waals surface area contributed by atoms with Crippen LogP contribution in [-0.2, 0) is 25.7 Å². The van der Waals surface area contributed by atoms with Crippen LogP contribution < -0.4 is 20.9 Å². The van der Waals surface area contributed by atoms with Crippen LogP contribution in [0, 0.1) is 24.2 Å². The molecule has 4 aromatic rings. The van der Waals surface area contributed by atoms with Gasteiger partial charge in [0.1, 0.15) is 28.6 Å². The van der Waals surface area contributed by atoms with Gasteiger partial charge >= 0.3 is 0 Å². The number of rotatable bonds is 15. The molecule has 5 aliphatic rings. The lowest BCUT2D eigenvalue weighted by Crippen LogP contribution is -2.52. The highest BCUT2D eigenvalue weighted by Gasteiger charge is 2.48. The Kier molecular flexibility index (Phi) is 16.8. The summed E-state index contributed by atoms with van der Waals surface area (Å²) in [4.78, 5) is 67.3. The largest absolute Gasteiger partial charge is 0.391 e. The number of nitrogens with one attached hydrogen (secondary N) is 1. The zero-order valence-corrected chi connectivity index (χ0v) is 44.5. The van der Waals surface area contributed by atoms with E-state index in [1.165, 1.54) is 16.7 Å². The molecule has 22 heteroatoms. The Morgan fingerprint density at radius 1 is 0.973 bits per heavy atom. The van der Waals surface area contributed by atoms with Gasteiger partial charge in [0, 0.05) is 112 Å². The number of aliphatic hydroxyl groups excluding tert-OH is 2. The number of aromatic nitrogens is 6. The van der Waals surface area contributed by atoms with Crippen molar-refractivity contribution in [1.29, 1.82) is 0 Å². The molecule has 0 saturated carbocycles. The highest BCUT2D eigenvalue weighted by Crippen LogP contribution is 2.43. The Morgan fingerprint density at radius 3 is 2.33 bits per heavy atom. The first-order valence-electron chi connectivity index (χ1n) is 25.7. The number of piperidine rings is 2. The second kappa shape index (κ2) is 23.1. The van der Waals surface area contributed by atoms with Crippen LogP contribution in [-0.4, -0.2) is 169 Å². The van der Waals surface area contributed by atoms with Gasteiger partial charge in [-0.1, -0.05) is 66.2 Å². The molecule has 3 aromatic heterocycles. The molecule has 0 bridgehead atoms. The maximum atomic E-state index is 14.2. The molecular weight excluding hydrogens is 994 g/mol. The van der Waals surface area contributed by atoms with E-state index in [9.17, 15) is 24.6 Å². The highest BCUT2D eigenvalue weighted by molar-refractivity contribution is 7.99. The molecule has 0 radical (unpaired) electrons. The Bertz CT molecular complexity index is 2570. The minimum Gasteiger partial charge on any atom is -0.391 e. The van der Waals surface area contributed by atoms with E-state index in [1.807, 2.05) is 43.9 Å². The first-order valence-corrected chi connectivity index (χ1v) is 27.3. The lowest BCUT2D eigenvalue weighted by atomic mass is 9.73. The molecule has 1 aromatic carbocycles. The number of aliphatic hydroxyl groups is 2. The van der Waals surface area contributed by atoms with E-state index < -0.39 is 18.2 Å². The molecular formula is C51H69Cl2N13O6S. The average Bonchev–Trinajstić information content (AvgIpc) is 4.09. The molecule has 5 N–H and O–H groups in total. The molecule has 5 fully saturated rings. The number of aryl methyl sites for hydroxylation is 1. The van der Waals surface area contributed by atoms with Gasteiger partial charge in [0.15, 0.2) is 5.82 Å². The number of β-amino-alcohol motifs (C(OH)–C–C–N with tert-alkyl or cyclic N) is 1. The number of pyridine rings is 1. The third kappa shape index (κ3) is 11.8. The van der Waals surface area contributed by atoms with Crippen LogP contribution in [0.3, 0.4) is 0 Å². The number of likely N-dealkylation sites (tertiary alicyclic amines) is 1. The summed E-state index contributed by atoms with van der Waals surface area (Å²) in [7, 11) is 0. The number of carbonyl (C=O) groups is 3. The SMILES string of the molecule is Cc1cn([C@H](C(=O)N2C[C@H](O)C[C@H]2C(=O)N[C@@H](CCN2CCN(C(=O)C3CCN(c4nccc(Sc5cnc(N6CCC7(CC6)CO[C@@H](C)[C@H]7N)c(CO)n5)c4Cl)CC3)CC2)c2ccc(Cl)cc2)C(C)C)nn1. The van der Waals surface area contributed by atoms with Crippen LogP contribution in [0.15, 0.2) is 58.8 Å². The smallest absolute Gasteiger partial charge is 0.248 e. The van der Waals surface area contributed by atoms with Crippen molar-refractivity contribution in [2.45, 2.75) is 119 Å². The molecule has 73 heavy (non-hydrogen) atoms. The number of carbonyl (C=O) groups excluding carboxylic acids is 3. The predicted octanol–water partition coefficient (Wildman–Crippen LogP) is 4.52. The van der Waals surface area contributed by atoms with Gasteiger partial charge in [0.2, 0.25) is 17.7 Å². The van der Waals surface area contributed by atoms with Gasteiger partial charge < -0.3 is 45.6 Å². The van der Waals surface area contributed by atoms with Crippen molar-refractivity contribution < 1.29 is 29.3 Å². The van der Waals surface area contributed by atoms with Gasteiger partial charge in [0.05, 0.1) is 48.4 Å². The Labute approximate surface area is 441 Å². The van der Waals surface area contributed by atoms with E-state index >= 15 is 0 Å². The topological polar surface area (TPSA) is 225 Å². The van der Waals surface area contributed by atoms with Crippen LogP contribution >= 0.6 is 35.0 Å². The van der Waals surface area contributed by atoms with E-state index in [2.05, 4.69) is 35.3 Å². The average molecular weight is 1060 g/mol. The minimum atomic E-state index is -0.857. The fourth-order valence-corrected chi connectivity index (χ4v) is 12.6. The van der Waals surface area contributed by atoms with Crippen LogP contribution in [0.5, 0.6) is 0 Å². The maximum Gasteiger partial charge on any atom is 0.248 e. The molecule has 1 spiro atoms. The number of piperazine rings is 1. The zero-order valence-electron chi connectivity index (χ0n) is 42.2. The van der Waals surface area contributed by atoms with Crippen LogP contribution in [0.2, 0.25) is 10.0 Å². The molecule has 0 unspecified atom stereocenters. The second-order valence-electron chi connectivity index (χ2n) is 20.8. The van der Waals surface area contributed by atoms with Crippen molar-refractivity contribution in [2.75, 3.05) is 81.9 Å². The zero-order chi connectivity index (χ0) is 51.6. The number of halogens is 2. The van der Waals surface area contributed by atoms with E-state index in [0.717, 1.165) is 36.4 Å². The van der Waals surface area contributed by atoms with Gasteiger partial charge in [-0.05, 0) is 75.6 Å². The Balaban J connectivity index is 0.758. The summed E-state index contributed by atoms with van der Waals surface area (Å²) in [6, 6.07) is 7.35. The third-order valence-corrected chi connectivity index (χ3v) is 17.4. The lowest BCUT2D eigenvalue weighted by molar-refractivity contribution is -0.142. The summed E-state index contributed by atoms with van der Waals surface area (Å²) >= 11 is 14.7. The summed E-state index contributed by atoms with van der Waals surface area (Å²) in [5.74, 6) is 0.670. The molecule has 5 saturated heterocycles. The standard InChI is InChI=1S/C51H69Cl2N13O6S/c1-31(2)44(66-27-32(3)59-60-66)50(71)65-28-37(68)25-40(65)48(69)58-38(34-5-7-36(52)8-6-34)12-16-61-21-23-64(24-22-61)49(70)35-10-17-62(18-11-35)47-43(53)41(9-15-55-47)73-42-26-56-46(39(29-67)57-42)63-19-13-51(14-20-63)30-72-33(4)45(51)54/h5-9,15,26-27,31,33,35,37-38,40,44-45,67-68H,10-14,16-25,28-30,54H2,1-4H3,(H,58,69)/t33-,37+,38-,40-,44-,45+/m0/s1. The molecule has 6 atom stereocenters. The number of hydrogen-bond acceptors (Lipinski definition) is 16. The van der Waals surface area contributed by atoms with Gasteiger partial charge in [-0.3, -0.25) is 19.3 Å². The first kappa shape index (κ1) is 53.2. The molecule has 394 valence electrons. The second-order valence-corrected chi connectivity index (χ2v) is 22.7. The number of anilines is 2. The number of nitrogens with two attached hydrogens (primary N) is 1. The molecule has 8 heterocycles. The fourth-order valence-electron chi connectivity index (χ4n) is 11.4. The quantitative estimate of drug-likeness (QED) is 0.128. The van der Waals surface area contributed by atoms with Crippen LogP contribution in [0.25, 0.3) is 0 Å². The molecule has 5 aliphatic heterocycles. The molecule has 3 amide bonds. The van der Waals surface area contributed by atoms with Crippen molar-refractivity contribution >= 4 is 64.3 Å². The van der Waals surface area contributed by atoms with Crippen LogP contribution in [0.1, 0.15) is 88.3 Å². The van der Waals surface area contributed by atoms with Crippen molar-refractivity contribution in [3.8, 4) is 0 Å².